The Morgan fingerprint density at radius 1 is 1.06 bits per heavy atom. The van der Waals surface area contributed by atoms with Crippen LogP contribution in [0.3, 0.4) is 0 Å². The number of hydrogen-bond acceptors (Lipinski definition) is 11. The molecule has 1 aromatic heterocycles. The standard InChI is InChI=1S/C33H52FN7O3.C4H4O4/c1-9-41(24(4)5)32(42)27-18-26(34)11-13-29(27)44-31-30(35-22-36-37-31)39-15-14-33(19-39)20-40(21-33)28(23(2)3)12-10-25(6)38(7)16-17-43-8;5-3(6)1-2-4(7)8/h11,13,18,22-25,28H,9-10,12,14-17,19-21H2,1-8H3;1-2H,(H,5,6)(H,7,8)/b;2-1+/t25?,28-;/m1./s1. The second kappa shape index (κ2) is 19.6. The van der Waals surface area contributed by atoms with Gasteiger partial charge in [-0.15, -0.1) is 10.2 Å². The lowest BCUT2D eigenvalue weighted by atomic mass is 9.76. The number of carbonyl (C=O) groups is 3. The smallest absolute Gasteiger partial charge is 0.328 e. The fourth-order valence-electron chi connectivity index (χ4n) is 6.89. The summed E-state index contributed by atoms with van der Waals surface area (Å²) in [5, 5.41) is 23.9. The Balaban J connectivity index is 0.000000815. The summed E-state index contributed by atoms with van der Waals surface area (Å²) >= 11 is 0. The summed E-state index contributed by atoms with van der Waals surface area (Å²) in [4.78, 5) is 46.0. The number of carboxylic acid groups (broad SMARTS) is 2. The molecule has 0 bridgehead atoms. The number of likely N-dealkylation sites (tertiary alicyclic amines) is 1. The summed E-state index contributed by atoms with van der Waals surface area (Å²) in [6.45, 7) is 18.8. The Kier molecular flexibility index (Phi) is 15.9. The number of methoxy groups -OCH3 is 1. The van der Waals surface area contributed by atoms with E-state index < -0.39 is 17.8 Å². The zero-order chi connectivity index (χ0) is 38.6. The van der Waals surface area contributed by atoms with Gasteiger partial charge in [0.1, 0.15) is 17.9 Å². The third kappa shape index (κ3) is 11.7. The Hall–Kier alpha value is -4.21. The highest BCUT2D eigenvalue weighted by Crippen LogP contribution is 2.44. The van der Waals surface area contributed by atoms with Crippen molar-refractivity contribution in [3.8, 4) is 11.6 Å². The summed E-state index contributed by atoms with van der Waals surface area (Å²) in [5.74, 6) is -1.66. The van der Waals surface area contributed by atoms with E-state index in [4.69, 9.17) is 19.7 Å². The Morgan fingerprint density at radius 3 is 2.31 bits per heavy atom. The summed E-state index contributed by atoms with van der Waals surface area (Å²) < 4.78 is 25.7. The minimum Gasteiger partial charge on any atom is -0.478 e. The number of carbonyl (C=O) groups excluding carboxylic acids is 1. The van der Waals surface area contributed by atoms with Crippen molar-refractivity contribution in [2.45, 2.75) is 78.9 Å². The number of aromatic nitrogens is 3. The Morgan fingerprint density at radius 2 is 1.73 bits per heavy atom. The van der Waals surface area contributed by atoms with E-state index in [1.54, 1.807) is 12.0 Å². The van der Waals surface area contributed by atoms with Crippen molar-refractivity contribution in [2.75, 3.05) is 64.9 Å². The lowest BCUT2D eigenvalue weighted by Crippen LogP contribution is -2.62. The molecule has 1 amide bonds. The molecule has 52 heavy (non-hydrogen) atoms. The maximum Gasteiger partial charge on any atom is 0.328 e. The second-order valence-corrected chi connectivity index (χ2v) is 14.3. The van der Waals surface area contributed by atoms with Crippen molar-refractivity contribution in [1.29, 1.82) is 0 Å². The largest absolute Gasteiger partial charge is 0.478 e. The van der Waals surface area contributed by atoms with Gasteiger partial charge in [0, 0.05) is 82.1 Å². The van der Waals surface area contributed by atoms with Crippen LogP contribution in [0.5, 0.6) is 11.6 Å². The fraction of sp³-hybridized carbons (Fsp3) is 0.622. The van der Waals surface area contributed by atoms with Gasteiger partial charge in [0.15, 0.2) is 5.82 Å². The van der Waals surface area contributed by atoms with Crippen LogP contribution in [0.1, 0.15) is 71.2 Å². The first kappa shape index (κ1) is 42.2. The molecule has 1 spiro atoms. The average molecular weight is 730 g/mol. The molecule has 0 radical (unpaired) electrons. The first-order chi connectivity index (χ1) is 24.6. The van der Waals surface area contributed by atoms with E-state index in [0.717, 1.165) is 52.2 Å². The van der Waals surface area contributed by atoms with E-state index in [9.17, 15) is 18.8 Å². The van der Waals surface area contributed by atoms with Crippen molar-refractivity contribution in [3.63, 3.8) is 0 Å². The number of halogens is 1. The molecule has 1 unspecified atom stereocenters. The van der Waals surface area contributed by atoms with Gasteiger partial charge in [0.25, 0.3) is 11.8 Å². The summed E-state index contributed by atoms with van der Waals surface area (Å²) in [6, 6.07) is 5.02. The number of amides is 1. The molecular weight excluding hydrogens is 673 g/mol. The lowest BCUT2D eigenvalue weighted by Gasteiger charge is -2.53. The van der Waals surface area contributed by atoms with Gasteiger partial charge in [0.05, 0.1) is 12.2 Å². The quantitative estimate of drug-likeness (QED) is 0.216. The van der Waals surface area contributed by atoms with Crippen molar-refractivity contribution in [2.24, 2.45) is 11.3 Å². The van der Waals surface area contributed by atoms with Crippen LogP contribution in [-0.4, -0.2) is 136 Å². The zero-order valence-electron chi connectivity index (χ0n) is 31.8. The number of rotatable bonds is 17. The van der Waals surface area contributed by atoms with Crippen molar-refractivity contribution in [1.82, 2.24) is 29.9 Å². The van der Waals surface area contributed by atoms with Crippen LogP contribution in [0, 0.1) is 17.2 Å². The molecule has 2 N–H and O–H groups in total. The number of benzene rings is 1. The van der Waals surface area contributed by atoms with Gasteiger partial charge in [-0.2, -0.15) is 0 Å². The normalized spacial score (nSPS) is 16.6. The molecule has 15 heteroatoms. The Bertz CT molecular complexity index is 1500. The van der Waals surface area contributed by atoms with Gasteiger partial charge in [-0.3, -0.25) is 9.69 Å². The zero-order valence-corrected chi connectivity index (χ0v) is 31.8. The van der Waals surface area contributed by atoms with E-state index in [-0.39, 0.29) is 34.6 Å². The minimum absolute atomic E-state index is 0.0406. The van der Waals surface area contributed by atoms with Crippen LogP contribution < -0.4 is 9.64 Å². The number of hydrogen-bond donors (Lipinski definition) is 2. The number of aliphatic carboxylic acids is 2. The lowest BCUT2D eigenvalue weighted by molar-refractivity contribution is -0.134. The molecule has 288 valence electrons. The van der Waals surface area contributed by atoms with Gasteiger partial charge in [0.2, 0.25) is 0 Å². The molecular formula is C37H56FN7O7. The number of anilines is 1. The number of carboxylic acids is 2. The highest BCUT2D eigenvalue weighted by Gasteiger charge is 2.50. The molecule has 0 aliphatic carbocycles. The first-order valence-corrected chi connectivity index (χ1v) is 17.9. The van der Waals surface area contributed by atoms with E-state index >= 15 is 0 Å². The maximum atomic E-state index is 14.3. The van der Waals surface area contributed by atoms with E-state index in [1.807, 2.05) is 20.8 Å². The van der Waals surface area contributed by atoms with Gasteiger partial charge in [-0.25, -0.2) is 19.0 Å². The van der Waals surface area contributed by atoms with E-state index in [2.05, 4.69) is 57.7 Å². The van der Waals surface area contributed by atoms with E-state index in [0.29, 0.717) is 42.5 Å². The van der Waals surface area contributed by atoms with Crippen LogP contribution in [0.2, 0.25) is 0 Å². The highest BCUT2D eigenvalue weighted by molar-refractivity contribution is 5.97. The number of nitrogens with zero attached hydrogens (tertiary/aromatic N) is 7. The molecule has 2 aromatic rings. The summed E-state index contributed by atoms with van der Waals surface area (Å²) in [7, 11) is 3.94. The predicted molar refractivity (Wildman–Crippen MR) is 195 cm³/mol. The van der Waals surface area contributed by atoms with Crippen LogP contribution in [0.25, 0.3) is 0 Å². The number of likely N-dealkylation sites (N-methyl/N-ethyl adjacent to an activating group) is 1. The Labute approximate surface area is 306 Å². The molecule has 2 atom stereocenters. The third-order valence-corrected chi connectivity index (χ3v) is 9.88. The predicted octanol–water partition coefficient (Wildman–Crippen LogP) is 4.67. The topological polar surface area (TPSA) is 162 Å². The van der Waals surface area contributed by atoms with Crippen molar-refractivity contribution in [3.05, 3.63) is 48.1 Å². The SMILES string of the molecule is CCN(C(=O)c1cc(F)ccc1Oc1nncnc1N1CCC2(C1)CN([C@H](CCC(C)N(C)CCOC)C(C)C)C2)C(C)C.O=C(O)/C=C/C(=O)O. The van der Waals surface area contributed by atoms with Crippen LogP contribution in [0.4, 0.5) is 10.2 Å². The monoisotopic (exact) mass is 729 g/mol. The van der Waals surface area contributed by atoms with Crippen molar-refractivity contribution < 1.29 is 38.5 Å². The van der Waals surface area contributed by atoms with Crippen molar-refractivity contribution >= 4 is 23.7 Å². The van der Waals surface area contributed by atoms with Crippen LogP contribution >= 0.6 is 0 Å². The molecule has 2 aliphatic rings. The number of ether oxygens (including phenoxy) is 2. The van der Waals surface area contributed by atoms with Gasteiger partial charge >= 0.3 is 11.9 Å². The van der Waals surface area contributed by atoms with Gasteiger partial charge in [-0.05, 0) is 78.1 Å². The molecule has 0 saturated carbocycles. The van der Waals surface area contributed by atoms with Gasteiger partial charge < -0.3 is 34.4 Å². The molecule has 14 nitrogen and oxygen atoms in total. The summed E-state index contributed by atoms with van der Waals surface area (Å²) in [5.41, 5.74) is 0.357. The van der Waals surface area contributed by atoms with Gasteiger partial charge in [-0.1, -0.05) is 13.8 Å². The molecule has 3 heterocycles. The third-order valence-electron chi connectivity index (χ3n) is 9.88. The molecule has 1 aromatic carbocycles. The maximum absolute atomic E-state index is 14.3. The molecule has 4 rings (SSSR count). The molecule has 2 fully saturated rings. The summed E-state index contributed by atoms with van der Waals surface area (Å²) in [6.07, 6.45) is 5.94. The molecule has 2 aliphatic heterocycles. The second-order valence-electron chi connectivity index (χ2n) is 14.3. The first-order valence-electron chi connectivity index (χ1n) is 17.9. The highest BCUT2D eigenvalue weighted by atomic mass is 19.1. The fourth-order valence-corrected chi connectivity index (χ4v) is 6.89. The molecule has 2 saturated heterocycles. The minimum atomic E-state index is -1.26. The van der Waals surface area contributed by atoms with Crippen LogP contribution in [0.15, 0.2) is 36.7 Å². The van der Waals surface area contributed by atoms with E-state index in [1.165, 1.54) is 30.9 Å². The van der Waals surface area contributed by atoms with Crippen LogP contribution in [-0.2, 0) is 14.3 Å². The average Bonchev–Trinajstić information content (AvgIpc) is 3.53.